The van der Waals surface area contributed by atoms with Crippen LogP contribution in [0.4, 0.5) is 4.39 Å². The summed E-state index contributed by atoms with van der Waals surface area (Å²) in [5.41, 5.74) is -0.139. The minimum atomic E-state index is -1.36. The van der Waals surface area contributed by atoms with Crippen LogP contribution in [0.2, 0.25) is 0 Å². The van der Waals surface area contributed by atoms with Crippen molar-refractivity contribution in [2.75, 3.05) is 0 Å². The standard InChI is InChI=1S/C18H15S.C7H5FO2/c1-4-10-16(11-5-1)19(17-12-6-2-7-13-17)18-14-8-3-9-15-18;8-6-3-1-2-5(4-6)7(9)10/h1-15H;1-4H,(H,9,10)/q+1;/p-1. The van der Waals surface area contributed by atoms with E-state index >= 15 is 0 Å². The average Bonchev–Trinajstić information content (AvgIpc) is 2.77. The fourth-order valence-corrected chi connectivity index (χ4v) is 4.80. The first-order valence-electron chi connectivity index (χ1n) is 9.01. The average molecular weight is 402 g/mol. The topological polar surface area (TPSA) is 40.1 Å². The molecule has 0 aliphatic heterocycles. The number of carboxylic acids is 1. The molecule has 0 heterocycles. The first-order chi connectivity index (χ1) is 14.1. The summed E-state index contributed by atoms with van der Waals surface area (Å²) in [6, 6.07) is 36.8. The van der Waals surface area contributed by atoms with Crippen LogP contribution >= 0.6 is 0 Å². The van der Waals surface area contributed by atoms with E-state index in [0.717, 1.165) is 6.07 Å². The normalized spacial score (nSPS) is 10.1. The quantitative estimate of drug-likeness (QED) is 0.452. The van der Waals surface area contributed by atoms with Gasteiger partial charge in [-0.25, -0.2) is 4.39 Å². The molecule has 29 heavy (non-hydrogen) atoms. The van der Waals surface area contributed by atoms with Crippen LogP contribution in [0.25, 0.3) is 0 Å². The van der Waals surface area contributed by atoms with Gasteiger partial charge in [-0.2, -0.15) is 0 Å². The van der Waals surface area contributed by atoms with E-state index in [2.05, 4.69) is 91.0 Å². The van der Waals surface area contributed by atoms with Gasteiger partial charge in [0.15, 0.2) is 14.7 Å². The Morgan fingerprint density at radius 3 is 1.34 bits per heavy atom. The van der Waals surface area contributed by atoms with Gasteiger partial charge in [0.1, 0.15) is 5.82 Å². The van der Waals surface area contributed by atoms with Gasteiger partial charge in [-0.15, -0.1) is 0 Å². The number of benzene rings is 4. The zero-order valence-corrected chi connectivity index (χ0v) is 16.4. The summed E-state index contributed by atoms with van der Waals surface area (Å²) < 4.78 is 12.2. The van der Waals surface area contributed by atoms with Crippen molar-refractivity contribution in [1.29, 1.82) is 0 Å². The molecule has 0 atom stereocenters. The van der Waals surface area contributed by atoms with E-state index in [1.165, 1.54) is 32.9 Å². The highest BCUT2D eigenvalue weighted by Crippen LogP contribution is 2.30. The molecule has 0 bridgehead atoms. The largest absolute Gasteiger partial charge is 0.545 e. The van der Waals surface area contributed by atoms with Crippen molar-refractivity contribution < 1.29 is 14.3 Å². The molecule has 0 N–H and O–H groups in total. The van der Waals surface area contributed by atoms with Gasteiger partial charge in [0.05, 0.1) is 16.9 Å². The highest BCUT2D eigenvalue weighted by atomic mass is 32.2. The zero-order chi connectivity index (χ0) is 20.5. The Morgan fingerprint density at radius 1 is 0.621 bits per heavy atom. The second kappa shape index (κ2) is 10.2. The molecule has 4 aromatic carbocycles. The summed E-state index contributed by atoms with van der Waals surface area (Å²) >= 11 is 0. The SMILES string of the molecule is O=C([O-])c1cccc(F)c1.c1ccc([S+](c2ccccc2)c2ccccc2)cc1. The van der Waals surface area contributed by atoms with E-state index in [1.807, 2.05) is 0 Å². The molecule has 0 saturated heterocycles. The molecule has 0 aliphatic rings. The number of hydrogen-bond acceptors (Lipinski definition) is 2. The minimum absolute atomic E-state index is 0.0146. The summed E-state index contributed by atoms with van der Waals surface area (Å²) in [6.07, 6.45) is 0. The van der Waals surface area contributed by atoms with Crippen molar-refractivity contribution >= 4 is 16.9 Å². The third-order valence-electron chi connectivity index (χ3n) is 4.00. The maximum absolute atomic E-state index is 12.2. The predicted molar refractivity (Wildman–Crippen MR) is 112 cm³/mol. The first kappa shape index (κ1) is 20.4. The highest BCUT2D eigenvalue weighted by molar-refractivity contribution is 7.97. The molecule has 0 amide bonds. The lowest BCUT2D eigenvalue weighted by Gasteiger charge is -2.07. The summed E-state index contributed by atoms with van der Waals surface area (Å²) in [4.78, 5) is 14.2. The molecule has 4 aromatic rings. The Balaban J connectivity index is 0.000000204. The van der Waals surface area contributed by atoms with Crippen LogP contribution in [0.5, 0.6) is 0 Å². The number of hydrogen-bond donors (Lipinski definition) is 0. The summed E-state index contributed by atoms with van der Waals surface area (Å²) in [5.74, 6) is -1.93. The summed E-state index contributed by atoms with van der Waals surface area (Å²) in [7, 11) is -0.0146. The third kappa shape index (κ3) is 5.80. The van der Waals surface area contributed by atoms with E-state index in [1.54, 1.807) is 0 Å². The first-order valence-corrected chi connectivity index (χ1v) is 10.2. The van der Waals surface area contributed by atoms with E-state index in [0.29, 0.717) is 0 Å². The molecule has 0 aliphatic carbocycles. The van der Waals surface area contributed by atoms with E-state index < -0.39 is 11.8 Å². The lowest BCUT2D eigenvalue weighted by molar-refractivity contribution is -0.255. The molecular weight excluding hydrogens is 383 g/mol. The molecule has 0 aromatic heterocycles. The van der Waals surface area contributed by atoms with Crippen molar-refractivity contribution in [3.05, 3.63) is 127 Å². The van der Waals surface area contributed by atoms with Gasteiger partial charge < -0.3 is 9.90 Å². The Kier molecular flexibility index (Phi) is 7.20. The minimum Gasteiger partial charge on any atom is -0.545 e. The Morgan fingerprint density at radius 2 is 1.03 bits per heavy atom. The molecule has 2 nitrogen and oxygen atoms in total. The number of aromatic carboxylic acids is 1. The number of halogens is 1. The summed E-state index contributed by atoms with van der Waals surface area (Å²) in [6.45, 7) is 0. The monoisotopic (exact) mass is 402 g/mol. The van der Waals surface area contributed by atoms with E-state index in [4.69, 9.17) is 0 Å². The molecule has 0 saturated carbocycles. The second-order valence-corrected chi connectivity index (χ2v) is 8.07. The third-order valence-corrected chi connectivity index (χ3v) is 6.23. The lowest BCUT2D eigenvalue weighted by atomic mass is 10.2. The smallest absolute Gasteiger partial charge is 0.166 e. The Bertz CT molecular complexity index is 944. The fraction of sp³-hybridized carbons (Fsp3) is 0. The Labute approximate surface area is 172 Å². The predicted octanol–water partition coefficient (Wildman–Crippen LogP) is 4.97. The zero-order valence-electron chi connectivity index (χ0n) is 15.6. The van der Waals surface area contributed by atoms with Crippen LogP contribution in [0.3, 0.4) is 0 Å². The van der Waals surface area contributed by atoms with Crippen molar-refractivity contribution in [2.24, 2.45) is 0 Å². The molecule has 4 heteroatoms. The van der Waals surface area contributed by atoms with Crippen molar-refractivity contribution in [1.82, 2.24) is 0 Å². The number of carbonyl (C=O) groups is 1. The molecule has 0 fully saturated rings. The second-order valence-electron chi connectivity index (χ2n) is 6.04. The van der Waals surface area contributed by atoms with Gasteiger partial charge >= 0.3 is 0 Å². The van der Waals surface area contributed by atoms with Gasteiger partial charge in [0, 0.05) is 5.56 Å². The van der Waals surface area contributed by atoms with Gasteiger partial charge in [-0.3, -0.25) is 0 Å². The molecule has 0 radical (unpaired) electrons. The fourth-order valence-electron chi connectivity index (χ4n) is 2.69. The molecule has 0 unspecified atom stereocenters. The van der Waals surface area contributed by atoms with Gasteiger partial charge in [-0.05, 0) is 48.5 Å². The van der Waals surface area contributed by atoms with Gasteiger partial charge in [-0.1, -0.05) is 66.7 Å². The van der Waals surface area contributed by atoms with E-state index in [-0.39, 0.29) is 16.5 Å². The number of rotatable bonds is 4. The maximum Gasteiger partial charge on any atom is 0.166 e. The molecule has 144 valence electrons. The highest BCUT2D eigenvalue weighted by Gasteiger charge is 2.27. The molecule has 4 rings (SSSR count). The molecule has 0 spiro atoms. The van der Waals surface area contributed by atoms with Crippen LogP contribution in [0.15, 0.2) is 130 Å². The van der Waals surface area contributed by atoms with E-state index in [9.17, 15) is 14.3 Å². The Hall–Kier alpha value is -3.37. The lowest BCUT2D eigenvalue weighted by Crippen LogP contribution is -2.22. The maximum atomic E-state index is 12.2. The van der Waals surface area contributed by atoms with Gasteiger partial charge in [0.25, 0.3) is 0 Å². The number of carboxylic acid groups (broad SMARTS) is 1. The van der Waals surface area contributed by atoms with Crippen molar-refractivity contribution in [2.45, 2.75) is 14.7 Å². The van der Waals surface area contributed by atoms with Crippen LogP contribution in [0, 0.1) is 5.82 Å². The van der Waals surface area contributed by atoms with Gasteiger partial charge in [0.2, 0.25) is 0 Å². The van der Waals surface area contributed by atoms with Crippen LogP contribution in [0.1, 0.15) is 10.4 Å². The van der Waals surface area contributed by atoms with Crippen molar-refractivity contribution in [3.8, 4) is 0 Å². The summed E-state index contributed by atoms with van der Waals surface area (Å²) in [5, 5.41) is 10.1. The van der Waals surface area contributed by atoms with Crippen LogP contribution in [-0.4, -0.2) is 5.97 Å². The van der Waals surface area contributed by atoms with Crippen molar-refractivity contribution in [3.63, 3.8) is 0 Å². The number of carbonyl (C=O) groups excluding carboxylic acids is 1. The molecular formula is C25H19FO2S. The van der Waals surface area contributed by atoms with Crippen LogP contribution in [-0.2, 0) is 10.9 Å². The van der Waals surface area contributed by atoms with Crippen LogP contribution < -0.4 is 5.11 Å².